The third kappa shape index (κ3) is 3.55. The second-order valence-electron chi connectivity index (χ2n) is 8.79. The molecule has 0 saturated carbocycles. The van der Waals surface area contributed by atoms with Crippen molar-refractivity contribution in [3.8, 4) is 0 Å². The quantitative estimate of drug-likeness (QED) is 0.804. The van der Waals surface area contributed by atoms with Gasteiger partial charge in [-0.3, -0.25) is 19.6 Å². The number of likely N-dealkylation sites (tertiary alicyclic amines) is 3. The molecule has 6 nitrogen and oxygen atoms in total. The van der Waals surface area contributed by atoms with E-state index in [0.717, 1.165) is 31.8 Å². The second-order valence-corrected chi connectivity index (χ2v) is 8.79. The Morgan fingerprint density at radius 3 is 2.55 bits per heavy atom. The molecule has 2 aromatic rings. The van der Waals surface area contributed by atoms with Crippen molar-refractivity contribution in [3.05, 3.63) is 60.2 Å². The van der Waals surface area contributed by atoms with Gasteiger partial charge in [0.2, 0.25) is 0 Å². The lowest BCUT2D eigenvalue weighted by molar-refractivity contribution is 0.0622. The van der Waals surface area contributed by atoms with E-state index < -0.39 is 0 Å². The zero-order valence-corrected chi connectivity index (χ0v) is 17.0. The van der Waals surface area contributed by atoms with Crippen LogP contribution in [-0.2, 0) is 0 Å². The van der Waals surface area contributed by atoms with Crippen LogP contribution in [0.3, 0.4) is 0 Å². The lowest BCUT2D eigenvalue weighted by atomic mass is 9.90. The van der Waals surface area contributed by atoms with Crippen LogP contribution in [0.4, 0.5) is 0 Å². The third-order valence-electron chi connectivity index (χ3n) is 7.11. The van der Waals surface area contributed by atoms with Crippen molar-refractivity contribution < 1.29 is 4.79 Å². The summed E-state index contributed by atoms with van der Waals surface area (Å²) in [5.74, 6) is 1.48. The average molecular weight is 392 g/mol. The van der Waals surface area contributed by atoms with Gasteiger partial charge in [0, 0.05) is 57.2 Å². The first-order valence-electron chi connectivity index (χ1n) is 10.7. The lowest BCUT2D eigenvalue weighted by Crippen LogP contribution is -2.47. The molecule has 29 heavy (non-hydrogen) atoms. The smallest absolute Gasteiger partial charge is 0.274 e. The number of aromatic nitrogens is 2. The molecule has 0 radical (unpaired) electrons. The SMILES string of the molecule is CN1C[C@H]2CN(C3CCN(C(=O)c4cnccn4)CC3)C[C@H]2[C@@H]1c1ccccc1. The van der Waals surface area contributed by atoms with Gasteiger partial charge in [0.1, 0.15) is 5.69 Å². The topological polar surface area (TPSA) is 52.6 Å². The Kier molecular flexibility index (Phi) is 5.06. The normalized spacial score (nSPS) is 28.6. The summed E-state index contributed by atoms with van der Waals surface area (Å²) in [7, 11) is 2.27. The molecule has 152 valence electrons. The molecule has 3 atom stereocenters. The number of nitrogens with zero attached hydrogens (tertiary/aromatic N) is 5. The number of amides is 1. The monoisotopic (exact) mass is 391 g/mol. The number of hydrogen-bond acceptors (Lipinski definition) is 5. The maximum absolute atomic E-state index is 12.6. The molecule has 1 aromatic carbocycles. The Hall–Kier alpha value is -2.31. The highest BCUT2D eigenvalue weighted by molar-refractivity contribution is 5.92. The van der Waals surface area contributed by atoms with Crippen molar-refractivity contribution in [2.75, 3.05) is 39.8 Å². The van der Waals surface area contributed by atoms with Crippen molar-refractivity contribution in [3.63, 3.8) is 0 Å². The highest BCUT2D eigenvalue weighted by Gasteiger charge is 2.47. The summed E-state index contributed by atoms with van der Waals surface area (Å²) in [6, 6.07) is 12.1. The summed E-state index contributed by atoms with van der Waals surface area (Å²) in [4.78, 5) is 28.0. The van der Waals surface area contributed by atoms with Gasteiger partial charge in [-0.15, -0.1) is 0 Å². The highest BCUT2D eigenvalue weighted by Crippen LogP contribution is 2.45. The van der Waals surface area contributed by atoms with E-state index >= 15 is 0 Å². The molecule has 3 saturated heterocycles. The first kappa shape index (κ1) is 18.7. The van der Waals surface area contributed by atoms with E-state index in [1.807, 2.05) is 4.90 Å². The number of carbonyl (C=O) groups excluding carboxylic acids is 1. The average Bonchev–Trinajstić information content (AvgIpc) is 3.31. The van der Waals surface area contributed by atoms with Gasteiger partial charge in [0.05, 0.1) is 6.20 Å². The van der Waals surface area contributed by atoms with Crippen LogP contribution in [0.25, 0.3) is 0 Å². The van der Waals surface area contributed by atoms with Gasteiger partial charge < -0.3 is 4.90 Å². The number of benzene rings is 1. The molecule has 5 rings (SSSR count). The van der Waals surface area contributed by atoms with E-state index in [1.54, 1.807) is 18.6 Å². The minimum absolute atomic E-state index is 0.0145. The molecule has 0 N–H and O–H groups in total. The Balaban J connectivity index is 1.21. The van der Waals surface area contributed by atoms with E-state index in [4.69, 9.17) is 0 Å². The van der Waals surface area contributed by atoms with Crippen LogP contribution in [0.2, 0.25) is 0 Å². The van der Waals surface area contributed by atoms with Crippen LogP contribution in [0.5, 0.6) is 0 Å². The van der Waals surface area contributed by atoms with E-state index in [1.165, 1.54) is 25.2 Å². The molecule has 3 fully saturated rings. The Bertz CT molecular complexity index is 837. The fourth-order valence-corrected chi connectivity index (χ4v) is 5.75. The van der Waals surface area contributed by atoms with Crippen molar-refractivity contribution in [2.45, 2.75) is 24.9 Å². The highest BCUT2D eigenvalue weighted by atomic mass is 16.2. The molecule has 1 aromatic heterocycles. The number of rotatable bonds is 3. The molecule has 0 aliphatic carbocycles. The van der Waals surface area contributed by atoms with Crippen LogP contribution >= 0.6 is 0 Å². The zero-order chi connectivity index (χ0) is 19.8. The van der Waals surface area contributed by atoms with E-state index in [2.05, 4.69) is 57.1 Å². The largest absolute Gasteiger partial charge is 0.337 e. The van der Waals surface area contributed by atoms with E-state index in [-0.39, 0.29) is 5.91 Å². The molecule has 3 aliphatic heterocycles. The van der Waals surface area contributed by atoms with Crippen molar-refractivity contribution >= 4 is 5.91 Å². The Morgan fingerprint density at radius 2 is 1.83 bits per heavy atom. The zero-order valence-electron chi connectivity index (χ0n) is 17.0. The minimum Gasteiger partial charge on any atom is -0.337 e. The summed E-state index contributed by atoms with van der Waals surface area (Å²) in [5.41, 5.74) is 1.91. The molecule has 0 bridgehead atoms. The molecule has 0 unspecified atom stereocenters. The standard InChI is InChI=1S/C23H29N5O/c1-26-14-18-15-28(16-20(18)22(26)17-5-3-2-4-6-17)19-7-11-27(12-8-19)23(29)21-13-24-9-10-25-21/h2-6,9-10,13,18-20,22H,7-8,11-12,14-16H2,1H3/t18-,20+,22-/m0/s1. The Labute approximate surface area is 172 Å². The molecule has 6 heteroatoms. The summed E-state index contributed by atoms with van der Waals surface area (Å²) in [6.45, 7) is 5.19. The first-order chi connectivity index (χ1) is 14.2. The number of fused-ring (bicyclic) bond motifs is 1. The fourth-order valence-electron chi connectivity index (χ4n) is 5.75. The third-order valence-corrected chi connectivity index (χ3v) is 7.11. The molecule has 0 spiro atoms. The van der Waals surface area contributed by atoms with Crippen LogP contribution in [0.15, 0.2) is 48.9 Å². The summed E-state index contributed by atoms with van der Waals surface area (Å²) >= 11 is 0. The van der Waals surface area contributed by atoms with Crippen LogP contribution in [0, 0.1) is 11.8 Å². The maximum atomic E-state index is 12.6. The Morgan fingerprint density at radius 1 is 1.03 bits per heavy atom. The number of carbonyl (C=O) groups is 1. The van der Waals surface area contributed by atoms with Gasteiger partial charge in [0.15, 0.2) is 0 Å². The fraction of sp³-hybridized carbons (Fsp3) is 0.522. The number of piperidine rings is 1. The second kappa shape index (κ2) is 7.84. The van der Waals surface area contributed by atoms with E-state index in [0.29, 0.717) is 23.7 Å². The lowest BCUT2D eigenvalue weighted by Gasteiger charge is -2.37. The maximum Gasteiger partial charge on any atom is 0.274 e. The van der Waals surface area contributed by atoms with Crippen molar-refractivity contribution in [1.29, 1.82) is 0 Å². The summed E-state index contributed by atoms with van der Waals surface area (Å²) in [6.07, 6.45) is 6.86. The van der Waals surface area contributed by atoms with Gasteiger partial charge in [-0.05, 0) is 37.3 Å². The van der Waals surface area contributed by atoms with Crippen LogP contribution in [-0.4, -0.2) is 76.4 Å². The number of hydrogen-bond donors (Lipinski definition) is 0. The predicted octanol–water partition coefficient (Wildman–Crippen LogP) is 2.32. The van der Waals surface area contributed by atoms with Crippen LogP contribution in [0.1, 0.15) is 34.9 Å². The summed E-state index contributed by atoms with van der Waals surface area (Å²) < 4.78 is 0. The molecule has 1 amide bonds. The molecule has 3 aliphatic rings. The first-order valence-corrected chi connectivity index (χ1v) is 10.7. The van der Waals surface area contributed by atoms with Crippen LogP contribution < -0.4 is 0 Å². The van der Waals surface area contributed by atoms with Gasteiger partial charge in [-0.2, -0.15) is 0 Å². The van der Waals surface area contributed by atoms with Gasteiger partial charge >= 0.3 is 0 Å². The van der Waals surface area contributed by atoms with Crippen molar-refractivity contribution in [2.24, 2.45) is 11.8 Å². The molecular weight excluding hydrogens is 362 g/mol. The molecular formula is C23H29N5O. The van der Waals surface area contributed by atoms with Gasteiger partial charge in [-0.25, -0.2) is 4.98 Å². The minimum atomic E-state index is 0.0145. The molecule has 4 heterocycles. The predicted molar refractivity (Wildman–Crippen MR) is 111 cm³/mol. The van der Waals surface area contributed by atoms with Gasteiger partial charge in [-0.1, -0.05) is 30.3 Å². The van der Waals surface area contributed by atoms with Crippen molar-refractivity contribution in [1.82, 2.24) is 24.7 Å². The van der Waals surface area contributed by atoms with Gasteiger partial charge in [0.25, 0.3) is 5.91 Å². The van der Waals surface area contributed by atoms with E-state index in [9.17, 15) is 4.79 Å². The summed E-state index contributed by atoms with van der Waals surface area (Å²) in [5, 5.41) is 0.